The Kier molecular flexibility index (Phi) is 2.46. The largest absolute Gasteiger partial charge is 0.396 e. The summed E-state index contributed by atoms with van der Waals surface area (Å²) in [4.78, 5) is 4.32. The lowest BCUT2D eigenvalue weighted by Crippen LogP contribution is -2.02. The second-order valence-corrected chi connectivity index (χ2v) is 3.50. The zero-order valence-corrected chi connectivity index (χ0v) is 8.14. The highest BCUT2D eigenvalue weighted by molar-refractivity contribution is 5.84. The molecule has 1 aromatic carbocycles. The zero-order valence-electron chi connectivity index (χ0n) is 8.14. The molecule has 0 fully saturated rings. The minimum Gasteiger partial charge on any atom is -0.396 e. The molecule has 0 amide bonds. The maximum Gasteiger partial charge on any atom is 0.0532 e. The van der Waals surface area contributed by atoms with E-state index in [1.54, 1.807) is 6.20 Å². The first-order chi connectivity index (χ1) is 6.83. The molecule has 0 spiro atoms. The summed E-state index contributed by atoms with van der Waals surface area (Å²) in [5.74, 6) is 0.0982. The Morgan fingerprint density at radius 2 is 2.07 bits per heavy atom. The summed E-state index contributed by atoms with van der Waals surface area (Å²) >= 11 is 0. The third-order valence-electron chi connectivity index (χ3n) is 2.45. The van der Waals surface area contributed by atoms with Crippen molar-refractivity contribution in [1.82, 2.24) is 4.98 Å². The number of aromatic nitrogens is 1. The standard InChI is InChI=1S/C12H13NO/c1-9(8-14)12-11-5-3-2-4-10(11)6-7-13-12/h2-7,9,14H,8H2,1H3/t9-/m1/s1. The molecule has 2 nitrogen and oxygen atoms in total. The van der Waals surface area contributed by atoms with Gasteiger partial charge in [-0.05, 0) is 11.5 Å². The Balaban J connectivity index is 2.65. The molecule has 0 aliphatic heterocycles. The second kappa shape index (κ2) is 3.76. The van der Waals surface area contributed by atoms with Crippen LogP contribution in [0.25, 0.3) is 10.8 Å². The Bertz CT molecular complexity index is 434. The third-order valence-corrected chi connectivity index (χ3v) is 2.45. The number of nitrogens with zero attached hydrogens (tertiary/aromatic N) is 1. The predicted octanol–water partition coefficient (Wildman–Crippen LogP) is 2.33. The average molecular weight is 187 g/mol. The fourth-order valence-electron chi connectivity index (χ4n) is 1.62. The number of fused-ring (bicyclic) bond motifs is 1. The van der Waals surface area contributed by atoms with Crippen LogP contribution < -0.4 is 0 Å². The van der Waals surface area contributed by atoms with E-state index in [1.165, 1.54) is 5.39 Å². The molecule has 1 aromatic heterocycles. The van der Waals surface area contributed by atoms with Gasteiger partial charge >= 0.3 is 0 Å². The number of hydrogen-bond acceptors (Lipinski definition) is 2. The average Bonchev–Trinajstić information content (AvgIpc) is 2.27. The van der Waals surface area contributed by atoms with Crippen LogP contribution in [-0.2, 0) is 0 Å². The van der Waals surface area contributed by atoms with Gasteiger partial charge < -0.3 is 5.11 Å². The number of hydrogen-bond donors (Lipinski definition) is 1. The lowest BCUT2D eigenvalue weighted by molar-refractivity contribution is 0.272. The Morgan fingerprint density at radius 1 is 1.29 bits per heavy atom. The van der Waals surface area contributed by atoms with Gasteiger partial charge in [0.05, 0.1) is 12.3 Å². The minimum absolute atomic E-state index is 0.0982. The normalized spacial score (nSPS) is 13.0. The Hall–Kier alpha value is -1.41. The van der Waals surface area contributed by atoms with E-state index < -0.39 is 0 Å². The molecule has 0 aliphatic carbocycles. The van der Waals surface area contributed by atoms with E-state index in [2.05, 4.69) is 11.1 Å². The van der Waals surface area contributed by atoms with E-state index >= 15 is 0 Å². The molecule has 1 atom stereocenters. The van der Waals surface area contributed by atoms with E-state index in [0.29, 0.717) is 0 Å². The van der Waals surface area contributed by atoms with Crippen molar-refractivity contribution >= 4 is 10.8 Å². The summed E-state index contributed by atoms with van der Waals surface area (Å²) in [6, 6.07) is 10.1. The molecule has 0 radical (unpaired) electrons. The lowest BCUT2D eigenvalue weighted by Gasteiger charge is -2.10. The SMILES string of the molecule is C[C@H](CO)c1nccc2ccccc12. The van der Waals surface area contributed by atoms with Crippen molar-refractivity contribution < 1.29 is 5.11 Å². The van der Waals surface area contributed by atoms with Gasteiger partial charge in [-0.15, -0.1) is 0 Å². The zero-order chi connectivity index (χ0) is 9.97. The fraction of sp³-hybridized carbons (Fsp3) is 0.250. The van der Waals surface area contributed by atoms with Gasteiger partial charge in [0.2, 0.25) is 0 Å². The van der Waals surface area contributed by atoms with Crippen LogP contribution in [0.4, 0.5) is 0 Å². The van der Waals surface area contributed by atoms with Crippen LogP contribution in [0.1, 0.15) is 18.5 Å². The van der Waals surface area contributed by atoms with Crippen molar-refractivity contribution in [3.8, 4) is 0 Å². The molecule has 0 bridgehead atoms. The van der Waals surface area contributed by atoms with Crippen molar-refractivity contribution in [2.24, 2.45) is 0 Å². The molecular weight excluding hydrogens is 174 g/mol. The van der Waals surface area contributed by atoms with E-state index in [9.17, 15) is 0 Å². The van der Waals surface area contributed by atoms with Crippen molar-refractivity contribution in [1.29, 1.82) is 0 Å². The first-order valence-corrected chi connectivity index (χ1v) is 4.77. The van der Waals surface area contributed by atoms with Crippen molar-refractivity contribution in [2.45, 2.75) is 12.8 Å². The summed E-state index contributed by atoms with van der Waals surface area (Å²) in [5.41, 5.74) is 0.977. The fourth-order valence-corrected chi connectivity index (χ4v) is 1.62. The molecule has 0 unspecified atom stereocenters. The van der Waals surface area contributed by atoms with E-state index in [4.69, 9.17) is 5.11 Å². The van der Waals surface area contributed by atoms with E-state index in [0.717, 1.165) is 11.1 Å². The van der Waals surface area contributed by atoms with Gasteiger partial charge in [-0.25, -0.2) is 0 Å². The predicted molar refractivity (Wildman–Crippen MR) is 57.2 cm³/mol. The first-order valence-electron chi connectivity index (χ1n) is 4.77. The maximum absolute atomic E-state index is 9.11. The third kappa shape index (κ3) is 1.49. The van der Waals surface area contributed by atoms with Crippen LogP contribution in [-0.4, -0.2) is 16.7 Å². The molecule has 2 aromatic rings. The monoisotopic (exact) mass is 187 g/mol. The lowest BCUT2D eigenvalue weighted by atomic mass is 10.0. The van der Waals surface area contributed by atoms with Crippen LogP contribution >= 0.6 is 0 Å². The van der Waals surface area contributed by atoms with Gasteiger partial charge in [0.1, 0.15) is 0 Å². The van der Waals surface area contributed by atoms with Gasteiger partial charge in [-0.3, -0.25) is 4.98 Å². The van der Waals surface area contributed by atoms with Crippen LogP contribution in [0.5, 0.6) is 0 Å². The highest BCUT2D eigenvalue weighted by Crippen LogP contribution is 2.22. The molecule has 0 aliphatic rings. The molecular formula is C12H13NO. The van der Waals surface area contributed by atoms with Gasteiger partial charge in [0.15, 0.2) is 0 Å². The van der Waals surface area contributed by atoms with Gasteiger partial charge in [0.25, 0.3) is 0 Å². The maximum atomic E-state index is 9.11. The van der Waals surface area contributed by atoms with Crippen LogP contribution in [0, 0.1) is 0 Å². The van der Waals surface area contributed by atoms with E-state index in [-0.39, 0.29) is 12.5 Å². The number of aliphatic hydroxyl groups excluding tert-OH is 1. The van der Waals surface area contributed by atoms with E-state index in [1.807, 2.05) is 31.2 Å². The highest BCUT2D eigenvalue weighted by atomic mass is 16.3. The summed E-state index contributed by atoms with van der Waals surface area (Å²) in [6.45, 7) is 2.12. The summed E-state index contributed by atoms with van der Waals surface area (Å²) in [7, 11) is 0. The molecule has 2 rings (SSSR count). The summed E-state index contributed by atoms with van der Waals surface area (Å²) in [5, 5.41) is 11.4. The molecule has 14 heavy (non-hydrogen) atoms. The molecule has 1 heterocycles. The van der Waals surface area contributed by atoms with Crippen LogP contribution in [0.3, 0.4) is 0 Å². The Morgan fingerprint density at radius 3 is 2.86 bits per heavy atom. The number of pyridine rings is 1. The van der Waals surface area contributed by atoms with Gasteiger partial charge in [0, 0.05) is 17.5 Å². The molecule has 72 valence electrons. The number of aliphatic hydroxyl groups is 1. The molecule has 0 saturated carbocycles. The molecule has 0 saturated heterocycles. The van der Waals surface area contributed by atoms with Crippen molar-refractivity contribution in [3.63, 3.8) is 0 Å². The van der Waals surface area contributed by atoms with Gasteiger partial charge in [-0.1, -0.05) is 31.2 Å². The van der Waals surface area contributed by atoms with Crippen LogP contribution in [0.2, 0.25) is 0 Å². The number of benzene rings is 1. The molecule has 2 heteroatoms. The van der Waals surface area contributed by atoms with Crippen LogP contribution in [0.15, 0.2) is 36.5 Å². The minimum atomic E-state index is 0.0982. The second-order valence-electron chi connectivity index (χ2n) is 3.50. The Labute approximate surface area is 83.2 Å². The topological polar surface area (TPSA) is 33.1 Å². The number of rotatable bonds is 2. The quantitative estimate of drug-likeness (QED) is 0.782. The van der Waals surface area contributed by atoms with Gasteiger partial charge in [-0.2, -0.15) is 0 Å². The summed E-state index contributed by atoms with van der Waals surface area (Å²) in [6.07, 6.45) is 1.80. The summed E-state index contributed by atoms with van der Waals surface area (Å²) < 4.78 is 0. The highest BCUT2D eigenvalue weighted by Gasteiger charge is 2.08. The van der Waals surface area contributed by atoms with Crippen molar-refractivity contribution in [3.05, 3.63) is 42.2 Å². The smallest absolute Gasteiger partial charge is 0.0532 e. The van der Waals surface area contributed by atoms with Crippen molar-refractivity contribution in [2.75, 3.05) is 6.61 Å². The first kappa shape index (κ1) is 9.16. The molecule has 1 N–H and O–H groups in total.